The second-order valence-electron chi connectivity index (χ2n) is 4.38. The van der Waals surface area contributed by atoms with Gasteiger partial charge in [-0.25, -0.2) is 18.5 Å². The SMILES string of the molecule is NS(=O)(=O)c1cccc2[nH]c(Cc3ccccn3)nc12. The maximum atomic E-state index is 11.5. The molecule has 0 bridgehead atoms. The molecule has 0 saturated heterocycles. The van der Waals surface area contributed by atoms with Crippen LogP contribution in [-0.2, 0) is 16.4 Å². The molecule has 20 heavy (non-hydrogen) atoms. The molecule has 0 amide bonds. The lowest BCUT2D eigenvalue weighted by molar-refractivity contribution is 0.598. The zero-order valence-corrected chi connectivity index (χ0v) is 11.3. The average Bonchev–Trinajstić information content (AvgIpc) is 2.80. The smallest absolute Gasteiger partial charge is 0.240 e. The van der Waals surface area contributed by atoms with E-state index in [9.17, 15) is 8.42 Å². The van der Waals surface area contributed by atoms with E-state index < -0.39 is 10.0 Å². The lowest BCUT2D eigenvalue weighted by Gasteiger charge is -1.97. The predicted molar refractivity (Wildman–Crippen MR) is 74.5 cm³/mol. The Morgan fingerprint density at radius 1 is 1.15 bits per heavy atom. The summed E-state index contributed by atoms with van der Waals surface area (Å²) >= 11 is 0. The van der Waals surface area contributed by atoms with Gasteiger partial charge in [0.05, 0.1) is 5.52 Å². The van der Waals surface area contributed by atoms with Crippen LogP contribution in [0.3, 0.4) is 0 Å². The van der Waals surface area contributed by atoms with Crippen molar-refractivity contribution in [3.8, 4) is 0 Å². The third-order valence-corrected chi connectivity index (χ3v) is 3.85. The molecule has 3 N–H and O–H groups in total. The Bertz CT molecular complexity index is 856. The fraction of sp³-hybridized carbons (Fsp3) is 0.0769. The van der Waals surface area contributed by atoms with Crippen LogP contribution >= 0.6 is 0 Å². The molecule has 2 heterocycles. The van der Waals surface area contributed by atoms with E-state index in [1.807, 2.05) is 18.2 Å². The first kappa shape index (κ1) is 12.8. The summed E-state index contributed by atoms with van der Waals surface area (Å²) in [7, 11) is -3.79. The number of pyridine rings is 1. The predicted octanol–water partition coefficient (Wildman–Crippen LogP) is 1.20. The first-order valence-electron chi connectivity index (χ1n) is 5.94. The van der Waals surface area contributed by atoms with Gasteiger partial charge in [-0.1, -0.05) is 12.1 Å². The average molecular weight is 288 g/mol. The van der Waals surface area contributed by atoms with Crippen LogP contribution in [0.1, 0.15) is 11.5 Å². The van der Waals surface area contributed by atoms with E-state index in [-0.39, 0.29) is 4.90 Å². The minimum atomic E-state index is -3.79. The van der Waals surface area contributed by atoms with E-state index in [1.165, 1.54) is 6.07 Å². The third-order valence-electron chi connectivity index (χ3n) is 2.91. The van der Waals surface area contributed by atoms with Gasteiger partial charge in [-0.2, -0.15) is 0 Å². The van der Waals surface area contributed by atoms with Crippen molar-refractivity contribution in [3.63, 3.8) is 0 Å². The summed E-state index contributed by atoms with van der Waals surface area (Å²) in [5.41, 5.74) is 1.85. The molecule has 0 spiro atoms. The van der Waals surface area contributed by atoms with Crippen LogP contribution < -0.4 is 5.14 Å². The highest BCUT2D eigenvalue weighted by Crippen LogP contribution is 2.20. The van der Waals surface area contributed by atoms with E-state index in [0.29, 0.717) is 23.3 Å². The number of hydrogen-bond donors (Lipinski definition) is 2. The van der Waals surface area contributed by atoms with Gasteiger partial charge in [0.1, 0.15) is 16.2 Å². The Balaban J connectivity index is 2.08. The van der Waals surface area contributed by atoms with Crippen LogP contribution in [-0.4, -0.2) is 23.4 Å². The standard InChI is InChI=1S/C13H12N4O2S/c14-20(18,19)11-6-3-5-10-13(11)17-12(16-10)8-9-4-1-2-7-15-9/h1-7H,8H2,(H,16,17)(H2,14,18,19). The quantitative estimate of drug-likeness (QED) is 0.755. The Kier molecular flexibility index (Phi) is 3.00. The number of aromatic nitrogens is 3. The number of benzene rings is 1. The summed E-state index contributed by atoms with van der Waals surface area (Å²) in [4.78, 5) is 11.6. The van der Waals surface area contributed by atoms with Gasteiger partial charge in [-0.15, -0.1) is 0 Å². The van der Waals surface area contributed by atoms with Gasteiger partial charge in [0.25, 0.3) is 0 Å². The van der Waals surface area contributed by atoms with Crippen molar-refractivity contribution in [1.29, 1.82) is 0 Å². The van der Waals surface area contributed by atoms with Crippen molar-refractivity contribution in [2.24, 2.45) is 5.14 Å². The minimum absolute atomic E-state index is 0.0264. The number of aromatic amines is 1. The van der Waals surface area contributed by atoms with Crippen LogP contribution in [0, 0.1) is 0 Å². The molecule has 7 heteroatoms. The molecule has 0 atom stereocenters. The molecule has 102 valence electrons. The minimum Gasteiger partial charge on any atom is -0.342 e. The highest BCUT2D eigenvalue weighted by molar-refractivity contribution is 7.89. The maximum absolute atomic E-state index is 11.5. The molecular weight excluding hydrogens is 276 g/mol. The molecule has 0 aliphatic heterocycles. The monoisotopic (exact) mass is 288 g/mol. The topological polar surface area (TPSA) is 102 Å². The van der Waals surface area contributed by atoms with E-state index in [2.05, 4.69) is 15.0 Å². The summed E-state index contributed by atoms with van der Waals surface area (Å²) in [5, 5.41) is 5.19. The van der Waals surface area contributed by atoms with Crippen molar-refractivity contribution >= 4 is 21.1 Å². The van der Waals surface area contributed by atoms with Crippen molar-refractivity contribution in [3.05, 3.63) is 54.1 Å². The molecule has 0 aliphatic rings. The molecule has 0 unspecified atom stereocenters. The number of H-pyrrole nitrogens is 1. The third kappa shape index (κ3) is 2.40. The fourth-order valence-corrected chi connectivity index (χ4v) is 2.74. The summed E-state index contributed by atoms with van der Waals surface area (Å²) in [6.45, 7) is 0. The number of para-hydroxylation sites is 1. The summed E-state index contributed by atoms with van der Waals surface area (Å²) in [6.07, 6.45) is 2.20. The number of nitrogens with two attached hydrogens (primary N) is 1. The first-order valence-corrected chi connectivity index (χ1v) is 7.49. The van der Waals surface area contributed by atoms with Gasteiger partial charge >= 0.3 is 0 Å². The van der Waals surface area contributed by atoms with E-state index >= 15 is 0 Å². The second kappa shape index (κ2) is 4.69. The zero-order chi connectivity index (χ0) is 14.2. The normalized spacial score (nSPS) is 11.8. The molecule has 2 aromatic heterocycles. The van der Waals surface area contributed by atoms with Gasteiger partial charge in [-0.3, -0.25) is 4.98 Å². The maximum Gasteiger partial charge on any atom is 0.240 e. The highest BCUT2D eigenvalue weighted by atomic mass is 32.2. The Labute approximate surface area is 115 Å². The largest absolute Gasteiger partial charge is 0.342 e. The van der Waals surface area contributed by atoms with Crippen LogP contribution in [0.5, 0.6) is 0 Å². The molecular formula is C13H12N4O2S. The number of imidazole rings is 1. The molecule has 0 saturated carbocycles. The second-order valence-corrected chi connectivity index (χ2v) is 5.91. The molecule has 0 aliphatic carbocycles. The Hall–Kier alpha value is -2.25. The molecule has 1 aromatic carbocycles. The summed E-state index contributed by atoms with van der Waals surface area (Å²) in [5.74, 6) is 0.648. The number of rotatable bonds is 3. The molecule has 3 rings (SSSR count). The number of nitrogens with zero attached hydrogens (tertiary/aromatic N) is 2. The lowest BCUT2D eigenvalue weighted by Crippen LogP contribution is -2.12. The lowest BCUT2D eigenvalue weighted by atomic mass is 10.3. The highest BCUT2D eigenvalue weighted by Gasteiger charge is 2.15. The van der Waals surface area contributed by atoms with Crippen molar-refractivity contribution in [2.45, 2.75) is 11.3 Å². The van der Waals surface area contributed by atoms with Crippen molar-refractivity contribution in [1.82, 2.24) is 15.0 Å². The fourth-order valence-electron chi connectivity index (χ4n) is 2.04. The van der Waals surface area contributed by atoms with Gasteiger partial charge in [-0.05, 0) is 24.3 Å². The van der Waals surface area contributed by atoms with Crippen molar-refractivity contribution in [2.75, 3.05) is 0 Å². The van der Waals surface area contributed by atoms with Crippen molar-refractivity contribution < 1.29 is 8.42 Å². The summed E-state index contributed by atoms with van der Waals surface area (Å²) < 4.78 is 23.1. The van der Waals surface area contributed by atoms with Gasteiger partial charge < -0.3 is 4.98 Å². The first-order chi connectivity index (χ1) is 9.54. The molecule has 3 aromatic rings. The number of fused-ring (bicyclic) bond motifs is 1. The Morgan fingerprint density at radius 3 is 2.70 bits per heavy atom. The van der Waals surface area contributed by atoms with E-state index in [1.54, 1.807) is 18.3 Å². The zero-order valence-electron chi connectivity index (χ0n) is 10.4. The van der Waals surface area contributed by atoms with Gasteiger partial charge in [0.2, 0.25) is 10.0 Å². The number of nitrogens with one attached hydrogen (secondary N) is 1. The number of hydrogen-bond acceptors (Lipinski definition) is 4. The van der Waals surface area contributed by atoms with E-state index in [4.69, 9.17) is 5.14 Å². The molecule has 0 fully saturated rings. The Morgan fingerprint density at radius 2 is 2.00 bits per heavy atom. The van der Waals surface area contributed by atoms with Crippen LogP contribution in [0.4, 0.5) is 0 Å². The molecule has 0 radical (unpaired) electrons. The number of primary sulfonamides is 1. The summed E-state index contributed by atoms with van der Waals surface area (Å²) in [6, 6.07) is 10.4. The van der Waals surface area contributed by atoms with Gasteiger partial charge in [0, 0.05) is 18.3 Å². The van der Waals surface area contributed by atoms with Crippen LogP contribution in [0.2, 0.25) is 0 Å². The van der Waals surface area contributed by atoms with Crippen LogP contribution in [0.15, 0.2) is 47.5 Å². The van der Waals surface area contributed by atoms with E-state index in [0.717, 1.165) is 5.69 Å². The van der Waals surface area contributed by atoms with Gasteiger partial charge in [0.15, 0.2) is 0 Å². The molecule has 6 nitrogen and oxygen atoms in total. The van der Waals surface area contributed by atoms with Crippen LogP contribution in [0.25, 0.3) is 11.0 Å². The number of sulfonamides is 1.